The fourth-order valence-electron chi connectivity index (χ4n) is 2.68. The smallest absolute Gasteiger partial charge is 0.126 e. The maximum atomic E-state index is 13.8. The van der Waals surface area contributed by atoms with Gasteiger partial charge in [0.15, 0.2) is 0 Å². The van der Waals surface area contributed by atoms with E-state index in [9.17, 15) is 4.39 Å². The molecule has 0 aliphatic rings. The Labute approximate surface area is 120 Å². The molecule has 0 fully saturated rings. The zero-order chi connectivity index (χ0) is 15.0. The molecule has 2 rings (SSSR count). The van der Waals surface area contributed by atoms with Crippen LogP contribution in [0, 0.1) is 40.4 Å². The normalized spacial score (nSPS) is 12.6. The first-order chi connectivity index (χ1) is 9.32. The van der Waals surface area contributed by atoms with Crippen LogP contribution in [-0.2, 0) is 0 Å². The molecule has 0 radical (unpaired) electrons. The monoisotopic (exact) mass is 271 g/mol. The van der Waals surface area contributed by atoms with Gasteiger partial charge in [-0.1, -0.05) is 18.2 Å². The lowest BCUT2D eigenvalue weighted by molar-refractivity contribution is 0.614. The number of hydrogen-bond acceptors (Lipinski definition) is 1. The molecule has 0 aromatic heterocycles. The van der Waals surface area contributed by atoms with Gasteiger partial charge in [-0.15, -0.1) is 0 Å². The van der Waals surface area contributed by atoms with Crippen LogP contribution < -0.4 is 5.73 Å². The molecular formula is C18H22FN. The van der Waals surface area contributed by atoms with Crippen LogP contribution in [0.1, 0.15) is 45.0 Å². The summed E-state index contributed by atoms with van der Waals surface area (Å²) < 4.78 is 13.8. The molecule has 20 heavy (non-hydrogen) atoms. The average molecular weight is 271 g/mol. The Balaban J connectivity index is 2.58. The third-order valence-electron chi connectivity index (χ3n) is 4.29. The third-order valence-corrected chi connectivity index (χ3v) is 4.29. The zero-order valence-corrected chi connectivity index (χ0v) is 12.8. The summed E-state index contributed by atoms with van der Waals surface area (Å²) in [5.74, 6) is -0.197. The number of benzene rings is 2. The van der Waals surface area contributed by atoms with Crippen molar-refractivity contribution in [1.82, 2.24) is 0 Å². The summed E-state index contributed by atoms with van der Waals surface area (Å²) in [6.07, 6.45) is 0. The molecule has 0 saturated carbocycles. The van der Waals surface area contributed by atoms with E-state index in [1.165, 1.54) is 22.3 Å². The molecular weight excluding hydrogens is 249 g/mol. The van der Waals surface area contributed by atoms with Crippen LogP contribution >= 0.6 is 0 Å². The highest BCUT2D eigenvalue weighted by Crippen LogP contribution is 2.30. The van der Waals surface area contributed by atoms with E-state index in [-0.39, 0.29) is 11.9 Å². The van der Waals surface area contributed by atoms with Crippen molar-refractivity contribution in [1.29, 1.82) is 0 Å². The summed E-state index contributed by atoms with van der Waals surface area (Å²) in [6.45, 7) is 10.1. The first kappa shape index (κ1) is 14.7. The van der Waals surface area contributed by atoms with E-state index in [0.717, 1.165) is 11.1 Å². The summed E-state index contributed by atoms with van der Waals surface area (Å²) in [4.78, 5) is 0. The van der Waals surface area contributed by atoms with Crippen LogP contribution in [0.4, 0.5) is 4.39 Å². The van der Waals surface area contributed by atoms with E-state index in [1.807, 2.05) is 6.07 Å². The summed E-state index contributed by atoms with van der Waals surface area (Å²) in [5.41, 5.74) is 13.8. The maximum Gasteiger partial charge on any atom is 0.126 e. The van der Waals surface area contributed by atoms with Gasteiger partial charge in [0.1, 0.15) is 5.82 Å². The molecule has 0 bridgehead atoms. The molecule has 0 spiro atoms. The minimum atomic E-state index is -0.288. The number of nitrogens with two attached hydrogens (primary N) is 1. The highest BCUT2D eigenvalue weighted by Gasteiger charge is 2.17. The van der Waals surface area contributed by atoms with Crippen molar-refractivity contribution in [2.75, 3.05) is 0 Å². The number of aryl methyl sites for hydroxylation is 3. The number of halogens is 1. The van der Waals surface area contributed by atoms with Crippen molar-refractivity contribution < 1.29 is 4.39 Å². The minimum Gasteiger partial charge on any atom is -0.320 e. The second kappa shape index (κ2) is 5.37. The second-order valence-electron chi connectivity index (χ2n) is 5.66. The average Bonchev–Trinajstić information content (AvgIpc) is 2.40. The van der Waals surface area contributed by atoms with Gasteiger partial charge in [0, 0.05) is 0 Å². The van der Waals surface area contributed by atoms with Crippen molar-refractivity contribution in [2.45, 2.75) is 40.7 Å². The van der Waals surface area contributed by atoms with Gasteiger partial charge in [0.05, 0.1) is 6.04 Å². The van der Waals surface area contributed by atoms with Crippen LogP contribution in [0.2, 0.25) is 0 Å². The second-order valence-corrected chi connectivity index (χ2v) is 5.66. The molecule has 0 heterocycles. The lowest BCUT2D eigenvalue weighted by atomic mass is 9.87. The van der Waals surface area contributed by atoms with Crippen molar-refractivity contribution >= 4 is 0 Å². The summed E-state index contributed by atoms with van der Waals surface area (Å²) >= 11 is 0. The van der Waals surface area contributed by atoms with E-state index >= 15 is 0 Å². The molecule has 0 saturated heterocycles. The van der Waals surface area contributed by atoms with Crippen LogP contribution in [0.15, 0.2) is 24.3 Å². The Morgan fingerprint density at radius 2 is 1.40 bits per heavy atom. The molecule has 2 heteroatoms. The molecule has 2 aromatic carbocycles. The lowest BCUT2D eigenvalue weighted by Crippen LogP contribution is -2.16. The molecule has 0 aliphatic carbocycles. The van der Waals surface area contributed by atoms with E-state index in [1.54, 1.807) is 19.1 Å². The number of rotatable bonds is 2. The first-order valence-corrected chi connectivity index (χ1v) is 6.92. The van der Waals surface area contributed by atoms with Gasteiger partial charge in [-0.25, -0.2) is 4.39 Å². The quantitative estimate of drug-likeness (QED) is 0.860. The van der Waals surface area contributed by atoms with Crippen molar-refractivity contribution in [2.24, 2.45) is 5.73 Å². The van der Waals surface area contributed by atoms with Crippen LogP contribution in [0.5, 0.6) is 0 Å². The van der Waals surface area contributed by atoms with E-state index in [4.69, 9.17) is 5.73 Å². The van der Waals surface area contributed by atoms with Gasteiger partial charge in [-0.05, 0) is 79.6 Å². The van der Waals surface area contributed by atoms with Gasteiger partial charge in [0.2, 0.25) is 0 Å². The summed E-state index contributed by atoms with van der Waals surface area (Å²) in [6, 6.07) is 7.15. The van der Waals surface area contributed by atoms with E-state index in [0.29, 0.717) is 5.56 Å². The Hall–Kier alpha value is -1.67. The Morgan fingerprint density at radius 3 is 1.90 bits per heavy atom. The van der Waals surface area contributed by atoms with E-state index in [2.05, 4.69) is 33.8 Å². The van der Waals surface area contributed by atoms with Gasteiger partial charge in [-0.3, -0.25) is 0 Å². The van der Waals surface area contributed by atoms with Gasteiger partial charge in [0.25, 0.3) is 0 Å². The minimum absolute atomic E-state index is 0.197. The largest absolute Gasteiger partial charge is 0.320 e. The molecule has 0 amide bonds. The van der Waals surface area contributed by atoms with Crippen LogP contribution in [0.25, 0.3) is 0 Å². The predicted molar refractivity (Wildman–Crippen MR) is 82.6 cm³/mol. The fraction of sp³-hybridized carbons (Fsp3) is 0.333. The maximum absolute atomic E-state index is 13.8. The first-order valence-electron chi connectivity index (χ1n) is 6.92. The SMILES string of the molecule is Cc1ccc(C(N)c2c(C)c(C)cc(C)c2C)cc1F. The molecule has 1 nitrogen and oxygen atoms in total. The van der Waals surface area contributed by atoms with Crippen LogP contribution in [0.3, 0.4) is 0 Å². The Morgan fingerprint density at radius 1 is 0.850 bits per heavy atom. The lowest BCUT2D eigenvalue weighted by Gasteiger charge is -2.21. The standard InChI is InChI=1S/C18H22FN/c1-10-6-7-15(9-16(10)19)18(20)17-13(4)11(2)8-12(3)14(17)5/h6-9,18H,20H2,1-5H3. The Kier molecular flexibility index (Phi) is 3.96. The highest BCUT2D eigenvalue weighted by atomic mass is 19.1. The number of hydrogen-bond donors (Lipinski definition) is 1. The fourth-order valence-corrected chi connectivity index (χ4v) is 2.68. The molecule has 1 unspecified atom stereocenters. The summed E-state index contributed by atoms with van der Waals surface area (Å²) in [7, 11) is 0. The topological polar surface area (TPSA) is 26.0 Å². The molecule has 2 N–H and O–H groups in total. The third kappa shape index (κ3) is 2.48. The highest BCUT2D eigenvalue weighted by molar-refractivity contribution is 5.48. The predicted octanol–water partition coefficient (Wildman–Crippen LogP) is 4.42. The summed E-state index contributed by atoms with van der Waals surface area (Å²) in [5, 5.41) is 0. The van der Waals surface area contributed by atoms with Gasteiger partial charge < -0.3 is 5.73 Å². The van der Waals surface area contributed by atoms with E-state index < -0.39 is 0 Å². The molecule has 106 valence electrons. The van der Waals surface area contributed by atoms with Crippen LogP contribution in [-0.4, -0.2) is 0 Å². The molecule has 2 aromatic rings. The van der Waals surface area contributed by atoms with Gasteiger partial charge >= 0.3 is 0 Å². The molecule has 1 atom stereocenters. The van der Waals surface area contributed by atoms with Crippen molar-refractivity contribution in [3.63, 3.8) is 0 Å². The Bertz CT molecular complexity index is 633. The van der Waals surface area contributed by atoms with Crippen molar-refractivity contribution in [3.05, 3.63) is 69.0 Å². The zero-order valence-electron chi connectivity index (χ0n) is 12.8. The van der Waals surface area contributed by atoms with Gasteiger partial charge in [-0.2, -0.15) is 0 Å². The van der Waals surface area contributed by atoms with Crippen molar-refractivity contribution in [3.8, 4) is 0 Å². The molecule has 0 aliphatic heterocycles.